The number of benzene rings is 1. The normalized spacial score (nSPS) is 21.8. The first-order valence-electron chi connectivity index (χ1n) is 12.9. The predicted octanol–water partition coefficient (Wildman–Crippen LogP) is 2.07. The van der Waals surface area contributed by atoms with Gasteiger partial charge in [-0.25, -0.2) is 4.79 Å². The summed E-state index contributed by atoms with van der Waals surface area (Å²) in [7, 11) is 0. The fourth-order valence-electron chi connectivity index (χ4n) is 5.44. The van der Waals surface area contributed by atoms with Gasteiger partial charge in [0.05, 0.1) is 19.6 Å². The van der Waals surface area contributed by atoms with Crippen LogP contribution in [0.1, 0.15) is 54.4 Å². The average Bonchev–Trinajstić information content (AvgIpc) is 3.34. The number of carbonyl (C=O) groups excluding carboxylic acids is 3. The number of carboxylic acids is 1. The zero-order chi connectivity index (χ0) is 25.7. The molecular formula is C26H36N4O6. The molecule has 1 aliphatic carbocycles. The maximum atomic E-state index is 13.7. The van der Waals surface area contributed by atoms with Gasteiger partial charge in [0.2, 0.25) is 0 Å². The van der Waals surface area contributed by atoms with Gasteiger partial charge in [0.1, 0.15) is 0 Å². The van der Waals surface area contributed by atoms with E-state index in [1.165, 1.54) is 9.80 Å². The lowest BCUT2D eigenvalue weighted by Gasteiger charge is -2.36. The van der Waals surface area contributed by atoms with Crippen LogP contribution in [0.5, 0.6) is 0 Å². The molecule has 2 aliphatic heterocycles. The largest absolute Gasteiger partial charge is 0.481 e. The van der Waals surface area contributed by atoms with Gasteiger partial charge in [-0.15, -0.1) is 0 Å². The summed E-state index contributed by atoms with van der Waals surface area (Å²) in [4.78, 5) is 56.7. The maximum absolute atomic E-state index is 13.7. The van der Waals surface area contributed by atoms with Crippen LogP contribution in [0.4, 0.5) is 4.79 Å². The molecule has 10 nitrogen and oxygen atoms in total. The van der Waals surface area contributed by atoms with E-state index in [1.807, 2.05) is 19.1 Å². The maximum Gasteiger partial charge on any atom is 0.322 e. The molecule has 2 N–H and O–H groups in total. The topological polar surface area (TPSA) is 119 Å². The van der Waals surface area contributed by atoms with Crippen molar-refractivity contribution in [1.29, 1.82) is 0 Å². The number of ether oxygens (including phenoxy) is 1. The fraction of sp³-hybridized carbons (Fsp3) is 0.615. The Balaban J connectivity index is 1.59. The summed E-state index contributed by atoms with van der Waals surface area (Å²) in [5.74, 6) is -1.76. The number of carboxylic acid groups (broad SMARTS) is 1. The third kappa shape index (κ3) is 5.98. The first-order chi connectivity index (χ1) is 17.3. The highest BCUT2D eigenvalue weighted by molar-refractivity contribution is 5.99. The van der Waals surface area contributed by atoms with E-state index in [9.17, 15) is 24.3 Å². The number of nitrogens with zero attached hydrogens (tertiary/aromatic N) is 3. The second-order valence-electron chi connectivity index (χ2n) is 9.92. The molecule has 4 amide bonds. The van der Waals surface area contributed by atoms with Crippen LogP contribution >= 0.6 is 0 Å². The zero-order valence-corrected chi connectivity index (χ0v) is 20.9. The van der Waals surface area contributed by atoms with Crippen LogP contribution in [0.25, 0.3) is 0 Å². The van der Waals surface area contributed by atoms with Crippen LogP contribution in [0.15, 0.2) is 24.3 Å². The molecule has 0 aromatic heterocycles. The lowest BCUT2D eigenvalue weighted by molar-refractivity contribution is -0.138. The zero-order valence-electron chi connectivity index (χ0n) is 20.9. The summed E-state index contributed by atoms with van der Waals surface area (Å²) < 4.78 is 5.36. The molecule has 36 heavy (non-hydrogen) atoms. The lowest BCUT2D eigenvalue weighted by Crippen LogP contribution is -2.59. The van der Waals surface area contributed by atoms with Crippen molar-refractivity contribution in [2.45, 2.75) is 57.7 Å². The number of nitrogens with one attached hydrogen (secondary N) is 1. The smallest absolute Gasteiger partial charge is 0.322 e. The molecule has 2 atom stereocenters. The third-order valence-electron chi connectivity index (χ3n) is 7.43. The van der Waals surface area contributed by atoms with Gasteiger partial charge in [0, 0.05) is 37.8 Å². The van der Waals surface area contributed by atoms with E-state index < -0.39 is 24.1 Å². The minimum absolute atomic E-state index is 0.0600. The minimum Gasteiger partial charge on any atom is -0.481 e. The Morgan fingerprint density at radius 2 is 1.61 bits per heavy atom. The minimum atomic E-state index is -1.14. The van der Waals surface area contributed by atoms with E-state index in [0.717, 1.165) is 37.7 Å². The monoisotopic (exact) mass is 500 g/mol. The van der Waals surface area contributed by atoms with E-state index in [0.29, 0.717) is 31.9 Å². The Labute approximate surface area is 211 Å². The van der Waals surface area contributed by atoms with Crippen molar-refractivity contribution in [3.63, 3.8) is 0 Å². The van der Waals surface area contributed by atoms with E-state index in [-0.39, 0.29) is 37.4 Å². The summed E-state index contributed by atoms with van der Waals surface area (Å²) >= 11 is 0. The quantitative estimate of drug-likeness (QED) is 0.617. The number of hydrogen-bond acceptors (Lipinski definition) is 5. The second kappa shape index (κ2) is 11.7. The number of rotatable bonds is 6. The van der Waals surface area contributed by atoms with Crippen molar-refractivity contribution in [2.75, 3.05) is 39.4 Å². The Morgan fingerprint density at radius 3 is 2.25 bits per heavy atom. The molecule has 1 aromatic rings. The summed E-state index contributed by atoms with van der Waals surface area (Å²) in [6.07, 6.45) is 3.48. The van der Waals surface area contributed by atoms with Gasteiger partial charge in [-0.2, -0.15) is 0 Å². The van der Waals surface area contributed by atoms with Gasteiger partial charge in [-0.05, 0) is 37.8 Å². The molecule has 1 aromatic carbocycles. The molecular weight excluding hydrogens is 464 g/mol. The van der Waals surface area contributed by atoms with Crippen molar-refractivity contribution in [1.82, 2.24) is 20.0 Å². The van der Waals surface area contributed by atoms with E-state index in [1.54, 1.807) is 17.0 Å². The molecule has 2 saturated heterocycles. The van der Waals surface area contributed by atoms with Gasteiger partial charge < -0.3 is 25.0 Å². The van der Waals surface area contributed by atoms with Crippen molar-refractivity contribution in [3.8, 4) is 0 Å². The molecule has 2 unspecified atom stereocenters. The predicted molar refractivity (Wildman–Crippen MR) is 131 cm³/mol. The number of hydrogen-bond donors (Lipinski definition) is 2. The molecule has 0 spiro atoms. The number of aryl methyl sites for hydroxylation is 1. The summed E-state index contributed by atoms with van der Waals surface area (Å²) in [5, 5.41) is 12.5. The molecule has 0 bridgehead atoms. The van der Waals surface area contributed by atoms with Gasteiger partial charge in [0.15, 0.2) is 6.17 Å². The molecule has 10 heteroatoms. The van der Waals surface area contributed by atoms with Gasteiger partial charge in [-0.1, -0.05) is 37.0 Å². The molecule has 196 valence electrons. The first-order valence-corrected chi connectivity index (χ1v) is 12.9. The highest BCUT2D eigenvalue weighted by Crippen LogP contribution is 2.29. The second-order valence-corrected chi connectivity index (χ2v) is 9.92. The number of amides is 4. The standard InChI is InChI=1S/C26H36N4O6/c1-18-7-9-20(10-8-18)25(34)29-11-12-30(26(35)28-13-15-36-16-14-28)24(29)23(33)27-21(17-22(31)32)19-5-3-2-4-6-19/h7-10,19,21,24H,2-6,11-17H2,1H3,(H,27,33)(H,31,32). The fourth-order valence-corrected chi connectivity index (χ4v) is 5.44. The molecule has 2 heterocycles. The number of morpholine rings is 1. The SMILES string of the molecule is Cc1ccc(C(=O)N2CCN(C(=O)N3CCOCC3)C2C(=O)NC(CC(=O)O)C2CCCCC2)cc1. The van der Waals surface area contributed by atoms with Gasteiger partial charge in [0.25, 0.3) is 11.8 Å². The highest BCUT2D eigenvalue weighted by Gasteiger charge is 2.45. The average molecular weight is 501 g/mol. The van der Waals surface area contributed by atoms with Crippen molar-refractivity contribution in [2.24, 2.45) is 5.92 Å². The van der Waals surface area contributed by atoms with Crippen molar-refractivity contribution < 1.29 is 29.0 Å². The Morgan fingerprint density at radius 1 is 0.972 bits per heavy atom. The summed E-state index contributed by atoms with van der Waals surface area (Å²) in [5.41, 5.74) is 1.45. The Bertz CT molecular complexity index is 956. The first kappa shape index (κ1) is 25.9. The number of carbonyl (C=O) groups is 4. The van der Waals surface area contributed by atoms with Crippen LogP contribution in [0.2, 0.25) is 0 Å². The Kier molecular flexibility index (Phi) is 8.45. The van der Waals surface area contributed by atoms with E-state index in [2.05, 4.69) is 5.32 Å². The summed E-state index contributed by atoms with van der Waals surface area (Å²) in [6.45, 7) is 4.04. The molecule has 0 radical (unpaired) electrons. The van der Waals surface area contributed by atoms with Crippen LogP contribution in [0.3, 0.4) is 0 Å². The molecule has 1 saturated carbocycles. The van der Waals surface area contributed by atoms with E-state index >= 15 is 0 Å². The highest BCUT2D eigenvalue weighted by atomic mass is 16.5. The van der Waals surface area contributed by atoms with Crippen LogP contribution in [-0.2, 0) is 14.3 Å². The lowest BCUT2D eigenvalue weighted by atomic mass is 9.82. The third-order valence-corrected chi connectivity index (χ3v) is 7.43. The van der Waals surface area contributed by atoms with Crippen LogP contribution < -0.4 is 5.32 Å². The Hall–Kier alpha value is -3.14. The molecule has 4 rings (SSSR count). The van der Waals surface area contributed by atoms with E-state index in [4.69, 9.17) is 4.74 Å². The van der Waals surface area contributed by atoms with Gasteiger partial charge >= 0.3 is 12.0 Å². The van der Waals surface area contributed by atoms with Gasteiger partial charge in [-0.3, -0.25) is 19.3 Å². The molecule has 3 aliphatic rings. The van der Waals surface area contributed by atoms with Crippen molar-refractivity contribution >= 4 is 23.8 Å². The number of aliphatic carboxylic acids is 1. The summed E-state index contributed by atoms with van der Waals surface area (Å²) in [6, 6.07) is 6.24. The van der Waals surface area contributed by atoms with Crippen molar-refractivity contribution in [3.05, 3.63) is 35.4 Å². The molecule has 3 fully saturated rings. The number of urea groups is 1. The van der Waals surface area contributed by atoms with Crippen LogP contribution in [0, 0.1) is 12.8 Å². The van der Waals surface area contributed by atoms with Crippen LogP contribution in [-0.4, -0.2) is 95.2 Å².